The number of H-pyrrole nitrogens is 1. The van der Waals surface area contributed by atoms with E-state index < -0.39 is 0 Å². The van der Waals surface area contributed by atoms with Gasteiger partial charge in [-0.15, -0.1) is 0 Å². The molecule has 2 nitrogen and oxygen atoms in total. The van der Waals surface area contributed by atoms with Crippen LogP contribution < -0.4 is 0 Å². The Kier molecular flexibility index (Phi) is 2.81. The SMILES string of the molecule is Cc1ccc2[nH]c(=S)n(C3CCC(C)C3C)c2c1. The van der Waals surface area contributed by atoms with E-state index in [9.17, 15) is 0 Å². The molecule has 0 saturated heterocycles. The quantitative estimate of drug-likeness (QED) is 0.742. The summed E-state index contributed by atoms with van der Waals surface area (Å²) in [5.41, 5.74) is 3.73. The maximum atomic E-state index is 5.53. The summed E-state index contributed by atoms with van der Waals surface area (Å²) in [5, 5.41) is 0. The van der Waals surface area contributed by atoms with Crippen LogP contribution in [0.5, 0.6) is 0 Å². The highest BCUT2D eigenvalue weighted by Crippen LogP contribution is 2.41. The minimum atomic E-state index is 0.558. The van der Waals surface area contributed by atoms with Crippen molar-refractivity contribution in [3.63, 3.8) is 0 Å². The Morgan fingerprint density at radius 2 is 2.06 bits per heavy atom. The fourth-order valence-corrected chi connectivity index (χ4v) is 3.61. The lowest BCUT2D eigenvalue weighted by atomic mass is 9.97. The zero-order valence-corrected chi connectivity index (χ0v) is 12.1. The van der Waals surface area contributed by atoms with Crippen molar-refractivity contribution < 1.29 is 0 Å². The molecule has 1 fully saturated rings. The lowest BCUT2D eigenvalue weighted by molar-refractivity contribution is 0.356. The number of fused-ring (bicyclic) bond motifs is 1. The van der Waals surface area contributed by atoms with Crippen LogP contribution in [0.15, 0.2) is 18.2 Å². The molecule has 0 aliphatic heterocycles. The second kappa shape index (κ2) is 4.23. The van der Waals surface area contributed by atoms with Gasteiger partial charge >= 0.3 is 0 Å². The number of benzene rings is 1. The zero-order valence-electron chi connectivity index (χ0n) is 11.2. The normalized spacial score (nSPS) is 28.1. The fourth-order valence-electron chi connectivity index (χ4n) is 3.26. The minimum absolute atomic E-state index is 0.558. The van der Waals surface area contributed by atoms with Gasteiger partial charge in [0.25, 0.3) is 0 Å². The molecule has 3 unspecified atom stereocenters. The smallest absolute Gasteiger partial charge is 0.178 e. The molecule has 96 valence electrons. The van der Waals surface area contributed by atoms with Crippen LogP contribution in [0.4, 0.5) is 0 Å². The molecular formula is C15H20N2S. The van der Waals surface area contributed by atoms with Gasteiger partial charge in [0.05, 0.1) is 11.0 Å². The van der Waals surface area contributed by atoms with Gasteiger partial charge in [-0.05, 0) is 61.5 Å². The molecule has 3 atom stereocenters. The molecule has 1 N–H and O–H groups in total. The van der Waals surface area contributed by atoms with E-state index in [4.69, 9.17) is 12.2 Å². The minimum Gasteiger partial charge on any atom is -0.331 e. The molecule has 1 heterocycles. The van der Waals surface area contributed by atoms with Crippen molar-refractivity contribution >= 4 is 23.3 Å². The van der Waals surface area contributed by atoms with Gasteiger partial charge in [0.15, 0.2) is 4.77 Å². The van der Waals surface area contributed by atoms with Crippen LogP contribution in [-0.4, -0.2) is 9.55 Å². The number of aryl methyl sites for hydroxylation is 1. The number of hydrogen-bond acceptors (Lipinski definition) is 1. The molecule has 1 aromatic carbocycles. The first kappa shape index (κ1) is 12.0. The molecular weight excluding hydrogens is 240 g/mol. The second-order valence-electron chi connectivity index (χ2n) is 5.80. The number of nitrogens with zero attached hydrogens (tertiary/aromatic N) is 1. The Hall–Kier alpha value is -1.09. The number of rotatable bonds is 1. The molecule has 3 heteroatoms. The summed E-state index contributed by atoms with van der Waals surface area (Å²) in [4.78, 5) is 3.34. The molecule has 3 rings (SSSR count). The van der Waals surface area contributed by atoms with Crippen molar-refractivity contribution in [3.05, 3.63) is 28.5 Å². The Labute approximate surface area is 113 Å². The highest BCUT2D eigenvalue weighted by atomic mass is 32.1. The average Bonchev–Trinajstić information content (AvgIpc) is 2.81. The zero-order chi connectivity index (χ0) is 12.9. The summed E-state index contributed by atoms with van der Waals surface area (Å²) < 4.78 is 3.23. The number of hydrogen-bond donors (Lipinski definition) is 1. The predicted octanol–water partition coefficient (Wildman–Crippen LogP) is 4.61. The van der Waals surface area contributed by atoms with E-state index in [0.29, 0.717) is 12.0 Å². The third kappa shape index (κ3) is 1.72. The van der Waals surface area contributed by atoms with Crippen molar-refractivity contribution in [2.24, 2.45) is 11.8 Å². The molecule has 0 amide bonds. The maximum Gasteiger partial charge on any atom is 0.178 e. The van der Waals surface area contributed by atoms with Crippen molar-refractivity contribution in [2.45, 2.75) is 39.7 Å². The van der Waals surface area contributed by atoms with E-state index >= 15 is 0 Å². The van der Waals surface area contributed by atoms with Crippen LogP contribution in [0.25, 0.3) is 11.0 Å². The lowest BCUT2D eigenvalue weighted by Crippen LogP contribution is -2.14. The van der Waals surface area contributed by atoms with Crippen molar-refractivity contribution in [2.75, 3.05) is 0 Å². The molecule has 1 aromatic heterocycles. The van der Waals surface area contributed by atoms with Crippen molar-refractivity contribution in [1.29, 1.82) is 0 Å². The Morgan fingerprint density at radius 3 is 2.72 bits per heavy atom. The topological polar surface area (TPSA) is 20.7 Å². The van der Waals surface area contributed by atoms with Gasteiger partial charge in [0.1, 0.15) is 0 Å². The van der Waals surface area contributed by atoms with Crippen LogP contribution in [-0.2, 0) is 0 Å². The number of aromatic amines is 1. The van der Waals surface area contributed by atoms with Gasteiger partial charge < -0.3 is 9.55 Å². The van der Waals surface area contributed by atoms with E-state index in [1.54, 1.807) is 0 Å². The summed E-state index contributed by atoms with van der Waals surface area (Å²) in [6.45, 7) is 6.85. The maximum absolute atomic E-state index is 5.53. The van der Waals surface area contributed by atoms with E-state index in [2.05, 4.69) is 48.5 Å². The number of aromatic nitrogens is 2. The molecule has 1 saturated carbocycles. The molecule has 0 radical (unpaired) electrons. The highest BCUT2D eigenvalue weighted by molar-refractivity contribution is 7.71. The van der Waals surface area contributed by atoms with Gasteiger partial charge in [0, 0.05) is 6.04 Å². The van der Waals surface area contributed by atoms with E-state index in [1.165, 1.54) is 23.9 Å². The highest BCUT2D eigenvalue weighted by Gasteiger charge is 2.32. The van der Waals surface area contributed by atoms with E-state index in [0.717, 1.165) is 16.2 Å². The van der Waals surface area contributed by atoms with Crippen molar-refractivity contribution in [3.8, 4) is 0 Å². The average molecular weight is 260 g/mol. The monoisotopic (exact) mass is 260 g/mol. The molecule has 2 aromatic rings. The Balaban J connectivity index is 2.19. The second-order valence-corrected chi connectivity index (χ2v) is 6.19. The third-order valence-corrected chi connectivity index (χ3v) is 4.93. The Morgan fingerprint density at radius 1 is 1.28 bits per heavy atom. The fraction of sp³-hybridized carbons (Fsp3) is 0.533. The van der Waals surface area contributed by atoms with Gasteiger partial charge in [0.2, 0.25) is 0 Å². The van der Waals surface area contributed by atoms with Gasteiger partial charge in [-0.3, -0.25) is 0 Å². The summed E-state index contributed by atoms with van der Waals surface area (Å²) in [5.74, 6) is 1.50. The van der Waals surface area contributed by atoms with Crippen LogP contribution in [0.1, 0.15) is 38.3 Å². The van der Waals surface area contributed by atoms with Crippen LogP contribution in [0.2, 0.25) is 0 Å². The summed E-state index contributed by atoms with van der Waals surface area (Å²) in [6.07, 6.45) is 2.56. The largest absolute Gasteiger partial charge is 0.331 e. The van der Waals surface area contributed by atoms with Gasteiger partial charge in [-0.25, -0.2) is 0 Å². The molecule has 1 aliphatic rings. The first-order valence-electron chi connectivity index (χ1n) is 6.79. The lowest BCUT2D eigenvalue weighted by Gasteiger charge is -2.20. The Bertz CT molecular complexity index is 637. The van der Waals surface area contributed by atoms with Crippen LogP contribution in [0.3, 0.4) is 0 Å². The van der Waals surface area contributed by atoms with Crippen LogP contribution in [0, 0.1) is 23.5 Å². The van der Waals surface area contributed by atoms with Gasteiger partial charge in [-0.2, -0.15) is 0 Å². The predicted molar refractivity (Wildman–Crippen MR) is 78.5 cm³/mol. The van der Waals surface area contributed by atoms with E-state index in [1.807, 2.05) is 0 Å². The standard InChI is InChI=1S/C15H20N2S/c1-9-4-6-12-14(8-9)17(15(18)16-12)13-7-5-10(2)11(13)3/h4,6,8,10-11,13H,5,7H2,1-3H3,(H,16,18). The molecule has 0 spiro atoms. The summed E-state index contributed by atoms with van der Waals surface area (Å²) >= 11 is 5.53. The third-order valence-electron chi connectivity index (χ3n) is 4.63. The summed E-state index contributed by atoms with van der Waals surface area (Å²) in [7, 11) is 0. The van der Waals surface area contributed by atoms with Gasteiger partial charge in [-0.1, -0.05) is 19.9 Å². The number of imidazole rings is 1. The number of nitrogens with one attached hydrogen (secondary N) is 1. The van der Waals surface area contributed by atoms with Crippen LogP contribution >= 0.6 is 12.2 Å². The molecule has 1 aliphatic carbocycles. The van der Waals surface area contributed by atoms with E-state index in [-0.39, 0.29) is 0 Å². The molecule has 18 heavy (non-hydrogen) atoms. The first-order chi connectivity index (χ1) is 8.58. The van der Waals surface area contributed by atoms with Crippen molar-refractivity contribution in [1.82, 2.24) is 9.55 Å². The summed E-state index contributed by atoms with van der Waals surface area (Å²) in [6, 6.07) is 7.08. The first-order valence-corrected chi connectivity index (χ1v) is 7.19. The molecule has 0 bridgehead atoms.